The van der Waals surface area contributed by atoms with Gasteiger partial charge < -0.3 is 10.2 Å². The summed E-state index contributed by atoms with van der Waals surface area (Å²) >= 11 is 12.2. The van der Waals surface area contributed by atoms with Gasteiger partial charge in [0.05, 0.1) is 45.8 Å². The molecule has 1 fully saturated rings. The first-order valence-electron chi connectivity index (χ1n) is 11.2. The maximum Gasteiger partial charge on any atom is 0.416 e. The Morgan fingerprint density at radius 3 is 2.38 bits per heavy atom. The van der Waals surface area contributed by atoms with Crippen molar-refractivity contribution in [3.8, 4) is 11.8 Å². The van der Waals surface area contributed by atoms with E-state index in [2.05, 4.69) is 15.7 Å². The molecule has 1 atom stereocenters. The van der Waals surface area contributed by atoms with E-state index in [9.17, 15) is 27.6 Å². The van der Waals surface area contributed by atoms with Crippen LogP contribution in [-0.4, -0.2) is 44.6 Å². The molecule has 4 rings (SSSR count). The number of alkyl halides is 3. The molecule has 1 aliphatic heterocycles. The number of nitrogens with zero attached hydrogens (tertiary/aromatic N) is 4. The van der Waals surface area contributed by atoms with Crippen LogP contribution in [0.4, 0.5) is 23.7 Å². The molecule has 1 aliphatic rings. The van der Waals surface area contributed by atoms with E-state index in [0.717, 1.165) is 27.8 Å². The van der Waals surface area contributed by atoms with E-state index in [4.69, 9.17) is 28.5 Å². The zero-order chi connectivity index (χ0) is 28.9. The molecule has 9 nitrogen and oxygen atoms in total. The monoisotopic (exact) mass is 578 g/mol. The smallest absolute Gasteiger partial charge is 0.320 e. The normalized spacial score (nSPS) is 16.4. The van der Waals surface area contributed by atoms with Gasteiger partial charge in [0.2, 0.25) is 0 Å². The summed E-state index contributed by atoms with van der Waals surface area (Å²) in [6, 6.07) is 7.95. The Balaban J connectivity index is 1.65. The Labute approximate surface area is 230 Å². The molecule has 0 spiro atoms. The number of amides is 4. The zero-order valence-electron chi connectivity index (χ0n) is 20.6. The number of halogens is 5. The van der Waals surface area contributed by atoms with Gasteiger partial charge in [0.15, 0.2) is 0 Å². The highest BCUT2D eigenvalue weighted by molar-refractivity contribution is 6.32. The molecular weight excluding hydrogens is 560 g/mol. The zero-order valence-corrected chi connectivity index (χ0v) is 22.1. The fourth-order valence-corrected chi connectivity index (χ4v) is 4.40. The fraction of sp³-hybridized carbons (Fsp3) is 0.240. The average Bonchev–Trinajstić information content (AvgIpc) is 3.39. The Morgan fingerprint density at radius 2 is 1.79 bits per heavy atom. The van der Waals surface area contributed by atoms with Crippen LogP contribution >= 0.6 is 23.2 Å². The number of imide groups is 1. The van der Waals surface area contributed by atoms with Crippen LogP contribution in [0.3, 0.4) is 0 Å². The van der Waals surface area contributed by atoms with Gasteiger partial charge in [-0.05, 0) is 62.7 Å². The van der Waals surface area contributed by atoms with Crippen LogP contribution < -0.4 is 10.6 Å². The van der Waals surface area contributed by atoms with Crippen LogP contribution in [0.25, 0.3) is 5.69 Å². The number of hydrogen-bond acceptors (Lipinski definition) is 5. The second-order valence-corrected chi connectivity index (χ2v) is 9.92. The molecule has 1 saturated heterocycles. The summed E-state index contributed by atoms with van der Waals surface area (Å²) in [5.41, 5.74) is -1.38. The summed E-state index contributed by atoms with van der Waals surface area (Å²) in [5.74, 6) is -1.64. The largest absolute Gasteiger partial charge is 0.416 e. The number of carbonyl (C=O) groups is 3. The van der Waals surface area contributed by atoms with Gasteiger partial charge in [0.25, 0.3) is 11.8 Å². The van der Waals surface area contributed by atoms with Crippen LogP contribution in [0, 0.1) is 25.2 Å². The lowest BCUT2D eigenvalue weighted by atomic mass is 10.1. The summed E-state index contributed by atoms with van der Waals surface area (Å²) in [7, 11) is 0. The van der Waals surface area contributed by atoms with Crippen molar-refractivity contribution in [1.29, 1.82) is 5.26 Å². The molecule has 2 N–H and O–H groups in total. The summed E-state index contributed by atoms with van der Waals surface area (Å²) in [4.78, 5) is 40.0. The van der Waals surface area contributed by atoms with Crippen molar-refractivity contribution >= 4 is 46.7 Å². The maximum absolute atomic E-state index is 13.4. The van der Waals surface area contributed by atoms with Crippen molar-refractivity contribution in [2.75, 3.05) is 11.9 Å². The average molecular weight is 579 g/mol. The SMILES string of the molecule is Cc1cc(C(=O)Nc2c(C)cc(Cl)cc2C(=O)NC(=O)N2CC2(C)C#N)n(-c2ccc(C(F)(F)F)cc2Cl)n1. The van der Waals surface area contributed by atoms with Gasteiger partial charge in [-0.2, -0.15) is 23.5 Å². The molecule has 0 radical (unpaired) electrons. The molecule has 39 heavy (non-hydrogen) atoms. The van der Waals surface area contributed by atoms with Gasteiger partial charge in [-0.3, -0.25) is 14.9 Å². The molecule has 2 heterocycles. The number of rotatable bonds is 4. The summed E-state index contributed by atoms with van der Waals surface area (Å²) in [5, 5.41) is 18.0. The first-order chi connectivity index (χ1) is 18.1. The first-order valence-corrected chi connectivity index (χ1v) is 12.0. The second-order valence-electron chi connectivity index (χ2n) is 9.08. The van der Waals surface area contributed by atoms with Gasteiger partial charge in [0, 0.05) is 5.02 Å². The predicted molar refractivity (Wildman–Crippen MR) is 136 cm³/mol. The topological polar surface area (TPSA) is 120 Å². The molecule has 0 aliphatic carbocycles. The van der Waals surface area contributed by atoms with E-state index in [1.54, 1.807) is 20.8 Å². The highest BCUT2D eigenvalue weighted by atomic mass is 35.5. The fourth-order valence-electron chi connectivity index (χ4n) is 3.86. The minimum Gasteiger partial charge on any atom is -0.320 e. The molecular formula is C25H19Cl2F3N6O3. The molecule has 3 aromatic rings. The van der Waals surface area contributed by atoms with Crippen molar-refractivity contribution in [2.24, 2.45) is 0 Å². The van der Waals surface area contributed by atoms with Crippen LogP contribution in [-0.2, 0) is 6.18 Å². The minimum atomic E-state index is -4.61. The predicted octanol–water partition coefficient (Wildman–Crippen LogP) is 5.51. The summed E-state index contributed by atoms with van der Waals surface area (Å²) < 4.78 is 40.3. The van der Waals surface area contributed by atoms with Gasteiger partial charge >= 0.3 is 12.2 Å². The van der Waals surface area contributed by atoms with Crippen LogP contribution in [0.1, 0.15) is 44.6 Å². The molecule has 0 bridgehead atoms. The van der Waals surface area contributed by atoms with Crippen LogP contribution in [0.15, 0.2) is 36.4 Å². The van der Waals surface area contributed by atoms with Gasteiger partial charge in [0.1, 0.15) is 11.2 Å². The van der Waals surface area contributed by atoms with Crippen molar-refractivity contribution in [3.05, 3.63) is 74.5 Å². The lowest BCUT2D eigenvalue weighted by Gasteiger charge is -2.16. The number of carbonyl (C=O) groups excluding carboxylic acids is 3. The number of hydrogen-bond donors (Lipinski definition) is 2. The van der Waals surface area contributed by atoms with Crippen molar-refractivity contribution in [2.45, 2.75) is 32.5 Å². The van der Waals surface area contributed by atoms with E-state index >= 15 is 0 Å². The van der Waals surface area contributed by atoms with E-state index in [1.165, 1.54) is 18.2 Å². The van der Waals surface area contributed by atoms with Crippen molar-refractivity contribution in [3.63, 3.8) is 0 Å². The minimum absolute atomic E-state index is 0.0262. The highest BCUT2D eigenvalue weighted by Gasteiger charge is 2.52. The van der Waals surface area contributed by atoms with Gasteiger partial charge in [-0.25, -0.2) is 9.48 Å². The number of aryl methyl sites for hydroxylation is 2. The third kappa shape index (κ3) is 5.55. The lowest BCUT2D eigenvalue weighted by Crippen LogP contribution is -2.37. The number of nitriles is 1. The molecule has 4 amide bonds. The Kier molecular flexibility index (Phi) is 7.10. The van der Waals surface area contributed by atoms with E-state index < -0.39 is 35.1 Å². The van der Waals surface area contributed by atoms with Gasteiger partial charge in [-0.1, -0.05) is 23.2 Å². The quantitative estimate of drug-likeness (QED) is 0.395. The molecule has 2 aromatic carbocycles. The molecule has 14 heteroatoms. The van der Waals surface area contributed by atoms with E-state index in [-0.39, 0.29) is 39.2 Å². The van der Waals surface area contributed by atoms with Gasteiger partial charge in [-0.15, -0.1) is 0 Å². The van der Waals surface area contributed by atoms with Crippen LogP contribution in [0.5, 0.6) is 0 Å². The van der Waals surface area contributed by atoms with E-state index in [0.29, 0.717) is 11.3 Å². The van der Waals surface area contributed by atoms with E-state index in [1.807, 2.05) is 6.07 Å². The number of aromatic nitrogens is 2. The number of benzene rings is 2. The number of anilines is 1. The molecule has 1 unspecified atom stereocenters. The van der Waals surface area contributed by atoms with Crippen molar-refractivity contribution < 1.29 is 27.6 Å². The maximum atomic E-state index is 13.4. The third-order valence-electron chi connectivity index (χ3n) is 6.02. The number of urea groups is 1. The van der Waals surface area contributed by atoms with Crippen LogP contribution in [0.2, 0.25) is 10.0 Å². The lowest BCUT2D eigenvalue weighted by molar-refractivity contribution is -0.137. The number of nitrogens with one attached hydrogen (secondary N) is 2. The Morgan fingerprint density at radius 1 is 1.10 bits per heavy atom. The summed E-state index contributed by atoms with van der Waals surface area (Å²) in [6.07, 6.45) is -4.61. The Hall–Kier alpha value is -4.08. The molecule has 0 saturated carbocycles. The van der Waals surface area contributed by atoms with Crippen molar-refractivity contribution in [1.82, 2.24) is 20.0 Å². The standard InChI is InChI=1S/C25H19Cl2F3N6O3/c1-12-6-15(26)9-16(21(37)33-23(39)35-11-24(35,3)10-31)20(12)32-22(38)19-7-13(2)34-36(19)18-5-4-14(8-17(18)27)25(28,29)30/h4-9H,11H2,1-3H3,(H,32,38)(H,33,37,39). The highest BCUT2D eigenvalue weighted by Crippen LogP contribution is 2.34. The molecule has 1 aromatic heterocycles. The molecule has 202 valence electrons. The first kappa shape index (κ1) is 27.9. The Bertz CT molecular complexity index is 1580. The third-order valence-corrected chi connectivity index (χ3v) is 6.54. The summed E-state index contributed by atoms with van der Waals surface area (Å²) in [6.45, 7) is 4.84. The second kappa shape index (κ2) is 9.91.